The van der Waals surface area contributed by atoms with Crippen molar-refractivity contribution in [3.05, 3.63) is 58.4 Å². The Morgan fingerprint density at radius 3 is 2.57 bits per heavy atom. The fourth-order valence-corrected chi connectivity index (χ4v) is 2.38. The number of carbonyl (C=O) groups is 1. The van der Waals surface area contributed by atoms with Gasteiger partial charge in [0.1, 0.15) is 23.9 Å². The number of hydrogen-bond acceptors (Lipinski definition) is 6. The molecule has 0 heterocycles. The van der Waals surface area contributed by atoms with E-state index in [-0.39, 0.29) is 23.1 Å². The Bertz CT molecular complexity index is 829. The zero-order valence-corrected chi connectivity index (χ0v) is 15.8. The summed E-state index contributed by atoms with van der Waals surface area (Å²) in [5.74, 6) is 0.177. The molecule has 2 aromatic carbocycles. The molecular weight excluding hydrogens is 369 g/mol. The lowest BCUT2D eigenvalue weighted by Gasteiger charge is -2.24. The number of methoxy groups -OCH3 is 1. The van der Waals surface area contributed by atoms with Crippen LogP contribution >= 0.6 is 0 Å². The maximum Gasteiger partial charge on any atom is 0.271 e. The van der Waals surface area contributed by atoms with Crippen molar-refractivity contribution in [2.75, 3.05) is 32.6 Å². The Balaban J connectivity index is 1.93. The van der Waals surface area contributed by atoms with Gasteiger partial charge < -0.3 is 14.8 Å². The van der Waals surface area contributed by atoms with Crippen LogP contribution in [0.3, 0.4) is 0 Å². The molecule has 8 nitrogen and oxygen atoms in total. The first-order chi connectivity index (χ1) is 13.3. The molecule has 28 heavy (non-hydrogen) atoms. The molecule has 0 aliphatic carbocycles. The highest BCUT2D eigenvalue weighted by Crippen LogP contribution is 2.29. The van der Waals surface area contributed by atoms with E-state index >= 15 is 0 Å². The first-order valence-electron chi connectivity index (χ1n) is 8.53. The highest BCUT2D eigenvalue weighted by Gasteiger charge is 2.20. The first kappa shape index (κ1) is 21.1. The molecule has 2 aromatic rings. The number of hydrogen-bond donors (Lipinski definition) is 1. The van der Waals surface area contributed by atoms with Crippen LogP contribution in [0.5, 0.6) is 11.5 Å². The number of nitro groups is 1. The van der Waals surface area contributed by atoms with E-state index in [1.54, 1.807) is 18.9 Å². The number of benzene rings is 2. The van der Waals surface area contributed by atoms with E-state index in [9.17, 15) is 19.3 Å². The summed E-state index contributed by atoms with van der Waals surface area (Å²) in [5, 5.41) is 13.6. The van der Waals surface area contributed by atoms with Gasteiger partial charge in [-0.15, -0.1) is 0 Å². The quantitative estimate of drug-likeness (QED) is 0.522. The van der Waals surface area contributed by atoms with Crippen molar-refractivity contribution in [2.45, 2.75) is 13.0 Å². The van der Waals surface area contributed by atoms with Gasteiger partial charge in [-0.25, -0.2) is 4.39 Å². The van der Waals surface area contributed by atoms with Crippen molar-refractivity contribution in [1.29, 1.82) is 0 Å². The smallest absolute Gasteiger partial charge is 0.271 e. The summed E-state index contributed by atoms with van der Waals surface area (Å²) < 4.78 is 23.5. The number of nitrogens with zero attached hydrogens (tertiary/aromatic N) is 2. The first-order valence-corrected chi connectivity index (χ1v) is 8.53. The van der Waals surface area contributed by atoms with Crippen LogP contribution in [0.1, 0.15) is 6.92 Å². The van der Waals surface area contributed by atoms with Crippen molar-refractivity contribution < 1.29 is 23.6 Å². The standard InChI is InChI=1S/C19H22FN3O5/c1-13(22(2)10-11-28-16-7-4-14(20)5-8-16)19(24)21-17-12-15(23(25)26)6-9-18(17)27-3/h4-9,12-13H,10-11H2,1-3H3,(H,21,24). The van der Waals surface area contributed by atoms with E-state index < -0.39 is 11.0 Å². The van der Waals surface area contributed by atoms with Crippen molar-refractivity contribution in [3.8, 4) is 11.5 Å². The third kappa shape index (κ3) is 5.65. The monoisotopic (exact) mass is 391 g/mol. The molecule has 0 spiro atoms. The van der Waals surface area contributed by atoms with Gasteiger partial charge >= 0.3 is 0 Å². The predicted octanol–water partition coefficient (Wildman–Crippen LogP) is 3.08. The van der Waals surface area contributed by atoms with E-state index in [4.69, 9.17) is 9.47 Å². The second kappa shape index (κ2) is 9.65. The number of ether oxygens (including phenoxy) is 2. The molecule has 1 atom stereocenters. The third-order valence-corrected chi connectivity index (χ3v) is 4.22. The summed E-state index contributed by atoms with van der Waals surface area (Å²) in [6.45, 7) is 2.45. The number of non-ortho nitro benzene ring substituents is 1. The number of likely N-dealkylation sites (N-methyl/N-ethyl adjacent to an activating group) is 1. The lowest BCUT2D eigenvalue weighted by atomic mass is 10.2. The number of anilines is 1. The molecule has 9 heteroatoms. The van der Waals surface area contributed by atoms with Crippen molar-refractivity contribution >= 4 is 17.3 Å². The number of nitrogens with one attached hydrogen (secondary N) is 1. The van der Waals surface area contributed by atoms with Crippen molar-refractivity contribution in [3.63, 3.8) is 0 Å². The Hall–Kier alpha value is -3.20. The molecule has 1 unspecified atom stereocenters. The second-order valence-corrected chi connectivity index (χ2v) is 6.09. The number of amides is 1. The number of nitro benzene ring substituents is 1. The van der Waals surface area contributed by atoms with Gasteiger partial charge in [-0.2, -0.15) is 0 Å². The normalized spacial score (nSPS) is 11.8. The number of halogens is 1. The average Bonchev–Trinajstić information content (AvgIpc) is 2.68. The highest BCUT2D eigenvalue weighted by molar-refractivity contribution is 5.96. The number of rotatable bonds is 9. The fraction of sp³-hybridized carbons (Fsp3) is 0.316. The molecule has 0 radical (unpaired) electrons. The highest BCUT2D eigenvalue weighted by atomic mass is 19.1. The van der Waals surface area contributed by atoms with Gasteiger partial charge in [-0.05, 0) is 44.3 Å². The summed E-state index contributed by atoms with van der Waals surface area (Å²) in [5.41, 5.74) is 0.0781. The van der Waals surface area contributed by atoms with Crippen LogP contribution in [0.4, 0.5) is 15.8 Å². The van der Waals surface area contributed by atoms with Gasteiger partial charge in [0.05, 0.1) is 23.8 Å². The topological polar surface area (TPSA) is 93.9 Å². The molecular formula is C19H22FN3O5. The van der Waals surface area contributed by atoms with Gasteiger partial charge in [0.2, 0.25) is 5.91 Å². The summed E-state index contributed by atoms with van der Waals surface area (Å²) in [7, 11) is 3.17. The van der Waals surface area contributed by atoms with Crippen LogP contribution < -0.4 is 14.8 Å². The van der Waals surface area contributed by atoms with E-state index in [0.717, 1.165) is 0 Å². The summed E-state index contributed by atoms with van der Waals surface area (Å²) >= 11 is 0. The molecule has 0 aliphatic rings. The third-order valence-electron chi connectivity index (χ3n) is 4.22. The van der Waals surface area contributed by atoms with Gasteiger partial charge in [0, 0.05) is 18.7 Å². The maximum absolute atomic E-state index is 12.9. The van der Waals surface area contributed by atoms with Gasteiger partial charge in [0.25, 0.3) is 5.69 Å². The molecule has 0 saturated carbocycles. The van der Waals surface area contributed by atoms with E-state index in [2.05, 4.69) is 5.32 Å². The lowest BCUT2D eigenvalue weighted by Crippen LogP contribution is -2.41. The van der Waals surface area contributed by atoms with Crippen molar-refractivity contribution in [1.82, 2.24) is 4.90 Å². The van der Waals surface area contributed by atoms with Gasteiger partial charge in [-0.1, -0.05) is 0 Å². The van der Waals surface area contributed by atoms with E-state index in [1.807, 2.05) is 0 Å². The van der Waals surface area contributed by atoms with Crippen LogP contribution in [0.25, 0.3) is 0 Å². The van der Waals surface area contributed by atoms with Crippen molar-refractivity contribution in [2.24, 2.45) is 0 Å². The molecule has 0 bridgehead atoms. The molecule has 2 rings (SSSR count). The lowest BCUT2D eigenvalue weighted by molar-refractivity contribution is -0.384. The van der Waals surface area contributed by atoms with Gasteiger partial charge in [0.15, 0.2) is 0 Å². The molecule has 150 valence electrons. The zero-order chi connectivity index (χ0) is 20.7. The van der Waals surface area contributed by atoms with Crippen LogP contribution in [-0.2, 0) is 4.79 Å². The fourth-order valence-electron chi connectivity index (χ4n) is 2.38. The molecule has 1 N–H and O–H groups in total. The molecule has 0 saturated heterocycles. The Labute approximate surface area is 162 Å². The average molecular weight is 391 g/mol. The predicted molar refractivity (Wildman–Crippen MR) is 102 cm³/mol. The van der Waals surface area contributed by atoms with Crippen LogP contribution in [-0.4, -0.2) is 49.1 Å². The summed E-state index contributed by atoms with van der Waals surface area (Å²) in [4.78, 5) is 24.7. The molecule has 0 aromatic heterocycles. The Morgan fingerprint density at radius 2 is 1.96 bits per heavy atom. The minimum Gasteiger partial charge on any atom is -0.495 e. The van der Waals surface area contributed by atoms with Crippen LogP contribution in [0.15, 0.2) is 42.5 Å². The minimum absolute atomic E-state index is 0.148. The molecule has 0 aliphatic heterocycles. The van der Waals surface area contributed by atoms with Crippen LogP contribution in [0.2, 0.25) is 0 Å². The zero-order valence-electron chi connectivity index (χ0n) is 15.8. The second-order valence-electron chi connectivity index (χ2n) is 6.09. The number of carbonyl (C=O) groups excluding carboxylic acids is 1. The van der Waals surface area contributed by atoms with Gasteiger partial charge in [-0.3, -0.25) is 19.8 Å². The minimum atomic E-state index is -0.544. The SMILES string of the molecule is COc1ccc([N+](=O)[O-])cc1NC(=O)C(C)N(C)CCOc1ccc(F)cc1. The summed E-state index contributed by atoms with van der Waals surface area (Å²) in [6.07, 6.45) is 0. The van der Waals surface area contributed by atoms with E-state index in [1.165, 1.54) is 49.6 Å². The van der Waals surface area contributed by atoms with Crippen LogP contribution in [0, 0.1) is 15.9 Å². The Morgan fingerprint density at radius 1 is 1.29 bits per heavy atom. The Kier molecular flexibility index (Phi) is 7.28. The van der Waals surface area contributed by atoms with E-state index in [0.29, 0.717) is 24.7 Å². The maximum atomic E-state index is 12.9. The summed E-state index contributed by atoms with van der Waals surface area (Å²) in [6, 6.07) is 9.13. The molecule has 1 amide bonds. The molecule has 0 fully saturated rings. The largest absolute Gasteiger partial charge is 0.495 e.